The molecule has 0 bridgehead atoms. The number of carbonyl (C=O) groups is 1. The van der Waals surface area contributed by atoms with Gasteiger partial charge in [0.15, 0.2) is 5.13 Å². The van der Waals surface area contributed by atoms with Crippen molar-refractivity contribution in [2.75, 3.05) is 22.4 Å². The first-order valence-electron chi connectivity index (χ1n) is 9.01. The third-order valence-electron chi connectivity index (χ3n) is 4.48. The van der Waals surface area contributed by atoms with E-state index in [9.17, 15) is 13.2 Å². The summed E-state index contributed by atoms with van der Waals surface area (Å²) in [6.07, 6.45) is 1.09. The number of para-hydroxylation sites is 1. The maximum absolute atomic E-state index is 12.6. The molecule has 1 aromatic heterocycles. The molecule has 8 heteroatoms. The Bertz CT molecular complexity index is 1150. The number of rotatable bonds is 6. The molecule has 0 spiro atoms. The Morgan fingerprint density at radius 2 is 1.83 bits per heavy atom. The molecular weight excluding hydrogens is 406 g/mol. The molecule has 0 atom stereocenters. The first-order chi connectivity index (χ1) is 13.6. The average Bonchev–Trinajstić information content (AvgIpc) is 3.07. The van der Waals surface area contributed by atoms with E-state index < -0.39 is 15.9 Å². The molecule has 0 saturated heterocycles. The Labute approximate surface area is 175 Å². The second kappa shape index (κ2) is 8.34. The van der Waals surface area contributed by atoms with E-state index in [0.717, 1.165) is 32.9 Å². The molecule has 1 amide bonds. The fraction of sp³-hybridized carbons (Fsp3) is 0.238. The monoisotopic (exact) mass is 429 g/mol. The maximum atomic E-state index is 12.6. The van der Waals surface area contributed by atoms with Crippen LogP contribution in [0.15, 0.2) is 47.8 Å². The minimum Gasteiger partial charge on any atom is -0.300 e. The van der Waals surface area contributed by atoms with Crippen molar-refractivity contribution in [3.8, 4) is 11.3 Å². The predicted molar refractivity (Wildman–Crippen MR) is 119 cm³/mol. The van der Waals surface area contributed by atoms with E-state index in [1.54, 1.807) is 12.1 Å². The molecule has 29 heavy (non-hydrogen) atoms. The van der Waals surface area contributed by atoms with Gasteiger partial charge in [0.1, 0.15) is 6.54 Å². The number of hydrogen-bond donors (Lipinski definition) is 1. The fourth-order valence-corrected chi connectivity index (χ4v) is 4.71. The van der Waals surface area contributed by atoms with Crippen LogP contribution in [-0.4, -0.2) is 32.1 Å². The Hall–Kier alpha value is -2.71. The number of hydrogen-bond acceptors (Lipinski definition) is 5. The van der Waals surface area contributed by atoms with Crippen molar-refractivity contribution in [1.82, 2.24) is 4.98 Å². The summed E-state index contributed by atoms with van der Waals surface area (Å²) in [5, 5.41) is 5.03. The molecule has 3 rings (SSSR count). The number of benzene rings is 2. The number of sulfonamides is 1. The van der Waals surface area contributed by atoms with Crippen LogP contribution in [0.25, 0.3) is 11.3 Å². The number of amides is 1. The zero-order valence-corrected chi connectivity index (χ0v) is 18.4. The van der Waals surface area contributed by atoms with E-state index in [1.165, 1.54) is 16.9 Å². The SMILES string of the molecule is Cc1ccc(-c2csc(NC(=O)CN(c3ccccc3C)S(C)(=O)=O)n2)c(C)c1. The van der Waals surface area contributed by atoms with Gasteiger partial charge in [-0.05, 0) is 38.0 Å². The van der Waals surface area contributed by atoms with Crippen molar-refractivity contribution >= 4 is 38.1 Å². The molecule has 3 aromatic rings. The van der Waals surface area contributed by atoms with Gasteiger partial charge in [-0.3, -0.25) is 9.10 Å². The van der Waals surface area contributed by atoms with Gasteiger partial charge in [-0.25, -0.2) is 13.4 Å². The van der Waals surface area contributed by atoms with Crippen LogP contribution in [0.5, 0.6) is 0 Å². The standard InChI is InChI=1S/C21H23N3O3S2/c1-14-9-10-17(16(3)11-14)18-13-28-21(22-18)23-20(25)12-24(29(4,26)27)19-8-6-5-7-15(19)2/h5-11,13H,12H2,1-4H3,(H,22,23,25). The first kappa shape index (κ1) is 21.0. The molecule has 1 heterocycles. The number of carbonyl (C=O) groups excluding carboxylic acids is 1. The topological polar surface area (TPSA) is 79.4 Å². The van der Waals surface area contributed by atoms with Gasteiger partial charge in [0.25, 0.3) is 0 Å². The lowest BCUT2D eigenvalue weighted by Gasteiger charge is -2.23. The van der Waals surface area contributed by atoms with Gasteiger partial charge in [0.2, 0.25) is 15.9 Å². The summed E-state index contributed by atoms with van der Waals surface area (Å²) in [6, 6.07) is 13.2. The van der Waals surface area contributed by atoms with E-state index in [0.29, 0.717) is 10.8 Å². The van der Waals surface area contributed by atoms with Gasteiger partial charge in [-0.2, -0.15) is 0 Å². The summed E-state index contributed by atoms with van der Waals surface area (Å²) in [5.74, 6) is -0.444. The number of anilines is 2. The highest BCUT2D eigenvalue weighted by molar-refractivity contribution is 7.92. The van der Waals surface area contributed by atoms with Crippen molar-refractivity contribution in [1.29, 1.82) is 0 Å². The van der Waals surface area contributed by atoms with Crippen LogP contribution in [0.4, 0.5) is 10.8 Å². The predicted octanol–water partition coefficient (Wildman–Crippen LogP) is 4.14. The Kier molecular flexibility index (Phi) is 6.04. The second-order valence-corrected chi connectivity index (χ2v) is 9.73. The summed E-state index contributed by atoms with van der Waals surface area (Å²) < 4.78 is 25.6. The zero-order valence-electron chi connectivity index (χ0n) is 16.8. The number of nitrogens with one attached hydrogen (secondary N) is 1. The molecule has 0 fully saturated rings. The Morgan fingerprint density at radius 3 is 2.48 bits per heavy atom. The van der Waals surface area contributed by atoms with Crippen LogP contribution >= 0.6 is 11.3 Å². The van der Waals surface area contributed by atoms with Crippen molar-refractivity contribution in [3.63, 3.8) is 0 Å². The molecule has 0 aliphatic rings. The van der Waals surface area contributed by atoms with Crippen LogP contribution in [0.2, 0.25) is 0 Å². The fourth-order valence-electron chi connectivity index (χ4n) is 3.07. The van der Waals surface area contributed by atoms with Crippen molar-refractivity contribution < 1.29 is 13.2 Å². The third kappa shape index (κ3) is 5.02. The van der Waals surface area contributed by atoms with Gasteiger partial charge in [0, 0.05) is 10.9 Å². The van der Waals surface area contributed by atoms with Gasteiger partial charge in [-0.15, -0.1) is 11.3 Å². The van der Waals surface area contributed by atoms with Crippen LogP contribution in [0, 0.1) is 20.8 Å². The number of thiazole rings is 1. The second-order valence-electron chi connectivity index (χ2n) is 6.96. The Morgan fingerprint density at radius 1 is 1.10 bits per heavy atom. The number of aryl methyl sites for hydroxylation is 3. The van der Waals surface area contributed by atoms with Crippen molar-refractivity contribution in [2.45, 2.75) is 20.8 Å². The average molecular weight is 430 g/mol. The summed E-state index contributed by atoms with van der Waals surface area (Å²) in [6.45, 7) is 5.54. The Balaban J connectivity index is 1.78. The minimum atomic E-state index is -3.62. The third-order valence-corrected chi connectivity index (χ3v) is 6.36. The highest BCUT2D eigenvalue weighted by Crippen LogP contribution is 2.28. The lowest BCUT2D eigenvalue weighted by Crippen LogP contribution is -2.37. The van der Waals surface area contributed by atoms with Crippen LogP contribution in [0.1, 0.15) is 16.7 Å². The highest BCUT2D eigenvalue weighted by Gasteiger charge is 2.22. The number of aromatic nitrogens is 1. The van der Waals surface area contributed by atoms with Crippen molar-refractivity contribution in [3.05, 3.63) is 64.5 Å². The van der Waals surface area contributed by atoms with Crippen LogP contribution < -0.4 is 9.62 Å². The van der Waals surface area contributed by atoms with Crippen molar-refractivity contribution in [2.24, 2.45) is 0 Å². The van der Waals surface area contributed by atoms with Gasteiger partial charge < -0.3 is 5.32 Å². The molecule has 0 aliphatic carbocycles. The van der Waals surface area contributed by atoms with Gasteiger partial charge in [-0.1, -0.05) is 42.0 Å². The smallest absolute Gasteiger partial charge is 0.246 e. The summed E-state index contributed by atoms with van der Waals surface area (Å²) in [4.78, 5) is 17.1. The summed E-state index contributed by atoms with van der Waals surface area (Å²) in [5.41, 5.74) is 5.33. The largest absolute Gasteiger partial charge is 0.300 e. The molecule has 0 aliphatic heterocycles. The number of nitrogens with zero attached hydrogens (tertiary/aromatic N) is 2. The quantitative estimate of drug-likeness (QED) is 0.639. The normalized spacial score (nSPS) is 11.3. The molecular formula is C21H23N3O3S2. The minimum absolute atomic E-state index is 0.317. The lowest BCUT2D eigenvalue weighted by molar-refractivity contribution is -0.114. The van der Waals surface area contributed by atoms with E-state index in [4.69, 9.17) is 0 Å². The van der Waals surface area contributed by atoms with Crippen LogP contribution in [-0.2, 0) is 14.8 Å². The molecule has 0 radical (unpaired) electrons. The van der Waals surface area contributed by atoms with Gasteiger partial charge in [0.05, 0.1) is 17.6 Å². The summed E-state index contributed by atoms with van der Waals surface area (Å²) in [7, 11) is -3.62. The molecule has 2 aromatic carbocycles. The molecule has 0 saturated carbocycles. The van der Waals surface area contributed by atoms with Gasteiger partial charge >= 0.3 is 0 Å². The van der Waals surface area contributed by atoms with Crippen LogP contribution in [0.3, 0.4) is 0 Å². The van der Waals surface area contributed by atoms with E-state index in [-0.39, 0.29) is 6.54 Å². The highest BCUT2D eigenvalue weighted by atomic mass is 32.2. The molecule has 152 valence electrons. The molecule has 1 N–H and O–H groups in total. The zero-order chi connectivity index (χ0) is 21.2. The summed E-state index contributed by atoms with van der Waals surface area (Å²) >= 11 is 1.31. The van der Waals surface area contributed by atoms with E-state index >= 15 is 0 Å². The lowest BCUT2D eigenvalue weighted by atomic mass is 10.0. The maximum Gasteiger partial charge on any atom is 0.246 e. The molecule has 0 unspecified atom stereocenters. The first-order valence-corrected chi connectivity index (χ1v) is 11.7. The van der Waals surface area contributed by atoms with E-state index in [2.05, 4.69) is 16.4 Å². The molecule has 6 nitrogen and oxygen atoms in total. The van der Waals surface area contributed by atoms with E-state index in [1.807, 2.05) is 50.4 Å².